The van der Waals surface area contributed by atoms with Crippen LogP contribution in [0.5, 0.6) is 5.75 Å². The van der Waals surface area contributed by atoms with Gasteiger partial charge in [0.25, 0.3) is 0 Å². The fourth-order valence-corrected chi connectivity index (χ4v) is 4.54. The standard InChI is InChI=1S/C25H22F4N4O3S/c1-17-12-22(6-3-19(17)16-37(34)11-10-33-9-8-30-32-33)35-14-21-15-36-24(31-21)7-4-18-2-5-20(13-23(18)26)25(27,28)29/h2-9,12-13,15H,10-11,14,16H2,1H3/b7-4+. The highest BCUT2D eigenvalue weighted by Gasteiger charge is 2.31. The minimum absolute atomic E-state index is 0.0288. The van der Waals surface area contributed by atoms with Crippen LogP contribution in [-0.4, -0.2) is 30.3 Å². The molecule has 1 atom stereocenters. The van der Waals surface area contributed by atoms with Gasteiger partial charge in [0.15, 0.2) is 0 Å². The Hall–Kier alpha value is -3.64. The van der Waals surface area contributed by atoms with Crippen LogP contribution in [0.2, 0.25) is 0 Å². The predicted octanol–water partition coefficient (Wildman–Crippen LogP) is 5.43. The monoisotopic (exact) mass is 534 g/mol. The van der Waals surface area contributed by atoms with Gasteiger partial charge in [0.1, 0.15) is 41.6 Å². The largest absolute Gasteiger partial charge is 0.616 e. The molecule has 0 fully saturated rings. The Balaban J connectivity index is 1.29. The number of aromatic nitrogens is 4. The minimum Gasteiger partial charge on any atom is -0.616 e. The second kappa shape index (κ2) is 11.6. The summed E-state index contributed by atoms with van der Waals surface area (Å²) in [5.74, 6) is 0.632. The zero-order valence-electron chi connectivity index (χ0n) is 19.6. The molecule has 0 N–H and O–H groups in total. The Kier molecular flexibility index (Phi) is 8.29. The normalized spacial score (nSPS) is 12.8. The molecule has 0 saturated carbocycles. The first-order valence-corrected chi connectivity index (χ1v) is 12.6. The number of nitrogens with zero attached hydrogens (tertiary/aromatic N) is 4. The van der Waals surface area contributed by atoms with E-state index in [0.29, 0.717) is 35.6 Å². The summed E-state index contributed by atoms with van der Waals surface area (Å²) in [5.41, 5.74) is 1.28. The molecule has 2 aromatic heterocycles. The van der Waals surface area contributed by atoms with E-state index < -0.39 is 28.7 Å². The van der Waals surface area contributed by atoms with Crippen LogP contribution in [0.15, 0.2) is 59.5 Å². The van der Waals surface area contributed by atoms with Crippen LogP contribution in [0.1, 0.15) is 33.8 Å². The molecular weight excluding hydrogens is 512 g/mol. The number of halogens is 4. The van der Waals surface area contributed by atoms with E-state index in [4.69, 9.17) is 9.15 Å². The number of benzene rings is 2. The lowest BCUT2D eigenvalue weighted by atomic mass is 10.1. The van der Waals surface area contributed by atoms with E-state index in [0.717, 1.165) is 23.3 Å². The minimum atomic E-state index is -4.61. The average molecular weight is 535 g/mol. The second-order valence-electron chi connectivity index (χ2n) is 8.08. The van der Waals surface area contributed by atoms with Crippen molar-refractivity contribution < 1.29 is 31.3 Å². The first kappa shape index (κ1) is 26.4. The highest BCUT2D eigenvalue weighted by molar-refractivity contribution is 7.90. The quantitative estimate of drug-likeness (QED) is 0.199. The zero-order valence-corrected chi connectivity index (χ0v) is 20.4. The topological polar surface area (TPSA) is 89.0 Å². The predicted molar refractivity (Wildman–Crippen MR) is 129 cm³/mol. The Morgan fingerprint density at radius 1 is 1.16 bits per heavy atom. The highest BCUT2D eigenvalue weighted by atomic mass is 32.2. The fraction of sp³-hybridized carbons (Fsp3) is 0.240. The molecular formula is C25H22F4N4O3S. The molecule has 0 spiro atoms. The molecule has 2 heterocycles. The van der Waals surface area contributed by atoms with Crippen molar-refractivity contribution in [2.75, 3.05) is 5.75 Å². The van der Waals surface area contributed by atoms with Crippen LogP contribution in [0.4, 0.5) is 17.6 Å². The van der Waals surface area contributed by atoms with E-state index >= 15 is 0 Å². The molecule has 0 saturated heterocycles. The smallest absolute Gasteiger partial charge is 0.416 e. The number of aryl methyl sites for hydroxylation is 2. The van der Waals surface area contributed by atoms with Gasteiger partial charge in [0, 0.05) is 23.4 Å². The molecule has 7 nitrogen and oxygen atoms in total. The van der Waals surface area contributed by atoms with Gasteiger partial charge in [-0.1, -0.05) is 17.3 Å². The third-order valence-electron chi connectivity index (χ3n) is 5.34. The van der Waals surface area contributed by atoms with E-state index in [-0.39, 0.29) is 18.1 Å². The van der Waals surface area contributed by atoms with Gasteiger partial charge in [-0.25, -0.2) is 14.1 Å². The number of hydrogen-bond acceptors (Lipinski definition) is 6. The van der Waals surface area contributed by atoms with Gasteiger partial charge in [-0.3, -0.25) is 0 Å². The van der Waals surface area contributed by atoms with E-state index in [2.05, 4.69) is 15.3 Å². The number of hydrogen-bond donors (Lipinski definition) is 0. The maximum Gasteiger partial charge on any atom is 0.416 e. The van der Waals surface area contributed by atoms with Gasteiger partial charge >= 0.3 is 6.18 Å². The van der Waals surface area contributed by atoms with Crippen LogP contribution in [-0.2, 0) is 36.3 Å². The maximum absolute atomic E-state index is 14.0. The van der Waals surface area contributed by atoms with E-state index in [9.17, 15) is 22.1 Å². The summed E-state index contributed by atoms with van der Waals surface area (Å²) < 4.78 is 77.1. The molecule has 37 heavy (non-hydrogen) atoms. The Morgan fingerprint density at radius 2 is 2.00 bits per heavy atom. The van der Waals surface area contributed by atoms with Crippen LogP contribution in [0.25, 0.3) is 12.2 Å². The fourth-order valence-electron chi connectivity index (χ4n) is 3.34. The van der Waals surface area contributed by atoms with Gasteiger partial charge in [-0.05, 0) is 54.0 Å². The lowest BCUT2D eigenvalue weighted by molar-refractivity contribution is -0.137. The number of oxazole rings is 1. The van der Waals surface area contributed by atoms with E-state index in [1.807, 2.05) is 19.1 Å². The molecule has 2 aromatic carbocycles. The van der Waals surface area contributed by atoms with Crippen LogP contribution >= 0.6 is 0 Å². The summed E-state index contributed by atoms with van der Waals surface area (Å²) in [7, 11) is 0. The molecule has 4 aromatic rings. The Bertz CT molecular complexity index is 1360. The van der Waals surface area contributed by atoms with Crippen molar-refractivity contribution in [3.63, 3.8) is 0 Å². The summed E-state index contributed by atoms with van der Waals surface area (Å²) in [6.07, 6.45) is 2.70. The molecule has 1 unspecified atom stereocenters. The molecule has 0 radical (unpaired) electrons. The molecule has 0 aliphatic heterocycles. The summed E-state index contributed by atoms with van der Waals surface area (Å²) in [6, 6.07) is 7.79. The van der Waals surface area contributed by atoms with E-state index in [1.165, 1.54) is 18.4 Å². The molecule has 0 bridgehead atoms. The van der Waals surface area contributed by atoms with Crippen molar-refractivity contribution in [1.82, 2.24) is 20.0 Å². The van der Waals surface area contributed by atoms with Gasteiger partial charge in [0.05, 0.1) is 18.3 Å². The van der Waals surface area contributed by atoms with E-state index in [1.54, 1.807) is 23.1 Å². The summed E-state index contributed by atoms with van der Waals surface area (Å²) in [5, 5.41) is 7.58. The van der Waals surface area contributed by atoms with Gasteiger partial charge in [-0.15, -0.1) is 5.10 Å². The molecule has 0 aliphatic rings. The molecule has 12 heteroatoms. The first-order valence-electron chi connectivity index (χ1n) is 11.1. The summed E-state index contributed by atoms with van der Waals surface area (Å²) >= 11 is -1.06. The highest BCUT2D eigenvalue weighted by Crippen LogP contribution is 2.30. The van der Waals surface area contributed by atoms with Gasteiger partial charge in [0.2, 0.25) is 5.89 Å². The van der Waals surface area contributed by atoms with Crippen LogP contribution < -0.4 is 4.74 Å². The van der Waals surface area contributed by atoms with Gasteiger partial charge < -0.3 is 13.7 Å². The molecule has 0 amide bonds. The first-order chi connectivity index (χ1) is 17.7. The molecule has 194 valence electrons. The van der Waals surface area contributed by atoms with Crippen molar-refractivity contribution in [3.8, 4) is 5.75 Å². The number of alkyl halides is 3. The zero-order chi connectivity index (χ0) is 26.4. The Morgan fingerprint density at radius 3 is 2.70 bits per heavy atom. The average Bonchev–Trinajstić information content (AvgIpc) is 3.54. The summed E-state index contributed by atoms with van der Waals surface area (Å²) in [6.45, 7) is 2.55. The SMILES string of the molecule is Cc1cc(OCc2coc(/C=C/c3ccc(C(F)(F)F)cc3F)n2)ccc1C[S+]([O-])CCn1ccnn1. The van der Waals surface area contributed by atoms with Crippen molar-refractivity contribution >= 4 is 23.3 Å². The third kappa shape index (κ3) is 7.43. The van der Waals surface area contributed by atoms with Crippen molar-refractivity contribution in [2.24, 2.45) is 0 Å². The van der Waals surface area contributed by atoms with Crippen molar-refractivity contribution in [2.45, 2.75) is 32.0 Å². The summed E-state index contributed by atoms with van der Waals surface area (Å²) in [4.78, 5) is 4.22. The van der Waals surface area contributed by atoms with Gasteiger partial charge in [-0.2, -0.15) is 13.2 Å². The Labute approximate surface area is 213 Å². The lowest BCUT2D eigenvalue weighted by Gasteiger charge is -2.13. The number of ether oxygens (including phenoxy) is 1. The van der Waals surface area contributed by atoms with Crippen molar-refractivity contribution in [3.05, 3.63) is 94.7 Å². The van der Waals surface area contributed by atoms with Crippen LogP contribution in [0, 0.1) is 12.7 Å². The van der Waals surface area contributed by atoms with Crippen LogP contribution in [0.3, 0.4) is 0 Å². The second-order valence-corrected chi connectivity index (χ2v) is 9.65. The molecule has 4 rings (SSSR count). The lowest BCUT2D eigenvalue weighted by Crippen LogP contribution is -2.16. The van der Waals surface area contributed by atoms with Crippen molar-refractivity contribution in [1.29, 1.82) is 0 Å². The maximum atomic E-state index is 14.0. The number of rotatable bonds is 10. The molecule has 0 aliphatic carbocycles. The third-order valence-corrected chi connectivity index (χ3v) is 6.61.